The van der Waals surface area contributed by atoms with Gasteiger partial charge in [0.15, 0.2) is 6.61 Å². The number of amides is 1. The molecule has 1 aliphatic rings. The summed E-state index contributed by atoms with van der Waals surface area (Å²) in [6.45, 7) is 1.75. The molecule has 0 bridgehead atoms. The van der Waals surface area contributed by atoms with Crippen molar-refractivity contribution in [1.29, 1.82) is 0 Å². The molecule has 0 N–H and O–H groups in total. The van der Waals surface area contributed by atoms with Crippen LogP contribution in [0, 0.1) is 0 Å². The zero-order valence-electron chi connectivity index (χ0n) is 16.1. The molecular weight excluding hydrogens is 386 g/mol. The van der Waals surface area contributed by atoms with Crippen LogP contribution in [0.5, 0.6) is 0 Å². The highest BCUT2D eigenvalue weighted by molar-refractivity contribution is 7.13. The summed E-state index contributed by atoms with van der Waals surface area (Å²) in [5.41, 5.74) is 3.44. The van der Waals surface area contributed by atoms with Gasteiger partial charge in [-0.3, -0.25) is 14.6 Å². The SMILES string of the molecule is CC1CCc2ccccc2N1C(=O)COC(=O)Cc1csc(-c2ccccn2)n1. The van der Waals surface area contributed by atoms with Crippen molar-refractivity contribution in [3.05, 3.63) is 65.3 Å². The number of hydrogen-bond acceptors (Lipinski definition) is 6. The van der Waals surface area contributed by atoms with Gasteiger partial charge in [0.05, 0.1) is 17.8 Å². The number of fused-ring (bicyclic) bond motifs is 1. The Balaban J connectivity index is 1.35. The Bertz CT molecular complexity index is 1020. The number of aryl methyl sites for hydroxylation is 1. The van der Waals surface area contributed by atoms with Gasteiger partial charge in [-0.1, -0.05) is 24.3 Å². The maximum atomic E-state index is 12.7. The number of benzene rings is 1. The highest BCUT2D eigenvalue weighted by Gasteiger charge is 2.28. The maximum Gasteiger partial charge on any atom is 0.312 e. The molecule has 4 rings (SSSR count). The van der Waals surface area contributed by atoms with Crippen LogP contribution in [0.4, 0.5) is 5.69 Å². The number of para-hydroxylation sites is 1. The first kappa shape index (κ1) is 19.3. The molecule has 0 fully saturated rings. The van der Waals surface area contributed by atoms with E-state index in [-0.39, 0.29) is 25.0 Å². The molecule has 1 atom stereocenters. The van der Waals surface area contributed by atoms with Crippen LogP contribution in [0.25, 0.3) is 10.7 Å². The molecule has 0 aliphatic carbocycles. The lowest BCUT2D eigenvalue weighted by molar-refractivity contribution is -0.147. The Morgan fingerprint density at radius 2 is 2.03 bits per heavy atom. The molecule has 1 aliphatic heterocycles. The van der Waals surface area contributed by atoms with Gasteiger partial charge in [0.25, 0.3) is 5.91 Å². The molecule has 0 saturated heterocycles. The number of anilines is 1. The molecule has 148 valence electrons. The first-order valence-electron chi connectivity index (χ1n) is 9.53. The van der Waals surface area contributed by atoms with Crippen molar-refractivity contribution in [3.63, 3.8) is 0 Å². The molecule has 0 spiro atoms. The van der Waals surface area contributed by atoms with Crippen LogP contribution in [-0.4, -0.2) is 34.5 Å². The fourth-order valence-corrected chi connectivity index (χ4v) is 4.27. The van der Waals surface area contributed by atoms with Crippen LogP contribution in [-0.2, 0) is 27.2 Å². The lowest BCUT2D eigenvalue weighted by atomic mass is 9.96. The molecule has 3 aromatic rings. The Morgan fingerprint density at radius 3 is 2.86 bits per heavy atom. The summed E-state index contributed by atoms with van der Waals surface area (Å²) in [6, 6.07) is 13.6. The summed E-state index contributed by atoms with van der Waals surface area (Å²) < 4.78 is 5.26. The third-order valence-corrected chi connectivity index (χ3v) is 5.82. The predicted molar refractivity (Wildman–Crippen MR) is 112 cm³/mol. The van der Waals surface area contributed by atoms with Gasteiger partial charge in [-0.15, -0.1) is 11.3 Å². The Hall–Kier alpha value is -3.06. The first-order chi connectivity index (χ1) is 14.1. The number of aromatic nitrogens is 2. The molecule has 3 heterocycles. The highest BCUT2D eigenvalue weighted by atomic mass is 32.1. The van der Waals surface area contributed by atoms with Crippen LogP contribution in [0.2, 0.25) is 0 Å². The quantitative estimate of drug-likeness (QED) is 0.604. The molecule has 1 unspecified atom stereocenters. The van der Waals surface area contributed by atoms with Crippen LogP contribution in [0.1, 0.15) is 24.6 Å². The number of ether oxygens (including phenoxy) is 1. The summed E-state index contributed by atoms with van der Waals surface area (Å²) in [5.74, 6) is -0.667. The second kappa shape index (κ2) is 8.53. The van der Waals surface area contributed by atoms with E-state index in [1.54, 1.807) is 11.1 Å². The minimum Gasteiger partial charge on any atom is -0.455 e. The van der Waals surface area contributed by atoms with Crippen molar-refractivity contribution in [1.82, 2.24) is 9.97 Å². The molecular formula is C22H21N3O3S. The number of pyridine rings is 1. The summed E-state index contributed by atoms with van der Waals surface area (Å²) in [6.07, 6.45) is 3.58. The van der Waals surface area contributed by atoms with E-state index < -0.39 is 5.97 Å². The zero-order valence-corrected chi connectivity index (χ0v) is 16.9. The molecule has 0 radical (unpaired) electrons. The minimum atomic E-state index is -0.464. The van der Waals surface area contributed by atoms with E-state index in [2.05, 4.69) is 9.97 Å². The van der Waals surface area contributed by atoms with Gasteiger partial charge < -0.3 is 9.64 Å². The second-order valence-electron chi connectivity index (χ2n) is 6.98. The van der Waals surface area contributed by atoms with Crippen molar-refractivity contribution >= 4 is 28.9 Å². The van der Waals surface area contributed by atoms with Gasteiger partial charge >= 0.3 is 5.97 Å². The number of carbonyl (C=O) groups excluding carboxylic acids is 2. The molecule has 2 aromatic heterocycles. The van der Waals surface area contributed by atoms with Crippen molar-refractivity contribution < 1.29 is 14.3 Å². The number of carbonyl (C=O) groups is 2. The van der Waals surface area contributed by atoms with E-state index >= 15 is 0 Å². The van der Waals surface area contributed by atoms with E-state index in [1.165, 1.54) is 11.3 Å². The molecule has 6 nitrogen and oxygen atoms in total. The number of hydrogen-bond donors (Lipinski definition) is 0. The molecule has 7 heteroatoms. The Morgan fingerprint density at radius 1 is 1.21 bits per heavy atom. The van der Waals surface area contributed by atoms with Crippen molar-refractivity contribution in [3.8, 4) is 10.7 Å². The Kier molecular flexibility index (Phi) is 5.67. The first-order valence-corrected chi connectivity index (χ1v) is 10.4. The molecule has 0 saturated carbocycles. The number of esters is 1. The van der Waals surface area contributed by atoms with Crippen LogP contribution >= 0.6 is 11.3 Å². The second-order valence-corrected chi connectivity index (χ2v) is 7.83. The third kappa shape index (κ3) is 4.35. The van der Waals surface area contributed by atoms with E-state index in [9.17, 15) is 9.59 Å². The number of rotatable bonds is 5. The summed E-state index contributed by atoms with van der Waals surface area (Å²) in [4.78, 5) is 35.4. The lowest BCUT2D eigenvalue weighted by Gasteiger charge is -2.35. The fourth-order valence-electron chi connectivity index (χ4n) is 3.47. The van der Waals surface area contributed by atoms with Gasteiger partial charge in [0.1, 0.15) is 5.01 Å². The zero-order chi connectivity index (χ0) is 20.2. The normalized spacial score (nSPS) is 15.6. The predicted octanol–water partition coefficient (Wildman–Crippen LogP) is 3.66. The topological polar surface area (TPSA) is 72.4 Å². The highest BCUT2D eigenvalue weighted by Crippen LogP contribution is 2.30. The smallest absolute Gasteiger partial charge is 0.312 e. The van der Waals surface area contributed by atoms with E-state index in [0.717, 1.165) is 34.8 Å². The summed E-state index contributed by atoms with van der Waals surface area (Å²) >= 11 is 1.43. The van der Waals surface area contributed by atoms with Crippen molar-refractivity contribution in [2.24, 2.45) is 0 Å². The van der Waals surface area contributed by atoms with Crippen LogP contribution in [0.3, 0.4) is 0 Å². The average Bonchev–Trinajstić information content (AvgIpc) is 3.21. The standard InChI is InChI=1S/C22H21N3O3S/c1-15-9-10-16-6-2-3-8-19(16)25(15)20(26)13-28-21(27)12-17-14-29-22(24-17)18-7-4-5-11-23-18/h2-8,11,14-15H,9-10,12-13H2,1H3. The van der Waals surface area contributed by atoms with Crippen molar-refractivity contribution in [2.45, 2.75) is 32.2 Å². The molecule has 1 amide bonds. The summed E-state index contributed by atoms with van der Waals surface area (Å²) in [7, 11) is 0. The molecule has 29 heavy (non-hydrogen) atoms. The Labute approximate surface area is 173 Å². The van der Waals surface area contributed by atoms with Gasteiger partial charge in [-0.25, -0.2) is 4.98 Å². The van der Waals surface area contributed by atoms with Gasteiger partial charge in [0, 0.05) is 23.3 Å². The number of thiazole rings is 1. The third-order valence-electron chi connectivity index (χ3n) is 4.91. The van der Waals surface area contributed by atoms with E-state index in [1.807, 2.05) is 54.8 Å². The van der Waals surface area contributed by atoms with Crippen LogP contribution in [0.15, 0.2) is 54.0 Å². The largest absolute Gasteiger partial charge is 0.455 e. The van der Waals surface area contributed by atoms with Crippen molar-refractivity contribution in [2.75, 3.05) is 11.5 Å². The lowest BCUT2D eigenvalue weighted by Crippen LogP contribution is -2.44. The van der Waals surface area contributed by atoms with Gasteiger partial charge in [-0.05, 0) is 43.5 Å². The molecule has 1 aromatic carbocycles. The fraction of sp³-hybridized carbons (Fsp3) is 0.273. The average molecular weight is 407 g/mol. The van der Waals surface area contributed by atoms with Gasteiger partial charge in [0.2, 0.25) is 0 Å². The monoisotopic (exact) mass is 407 g/mol. The summed E-state index contributed by atoms with van der Waals surface area (Å²) in [5, 5.41) is 2.57. The maximum absolute atomic E-state index is 12.7. The minimum absolute atomic E-state index is 0.0305. The number of nitrogens with zero attached hydrogens (tertiary/aromatic N) is 3. The van der Waals surface area contributed by atoms with Crippen LogP contribution < -0.4 is 4.90 Å². The van der Waals surface area contributed by atoms with E-state index in [4.69, 9.17) is 4.74 Å². The van der Waals surface area contributed by atoms with E-state index in [0.29, 0.717) is 5.69 Å². The van der Waals surface area contributed by atoms with Gasteiger partial charge in [-0.2, -0.15) is 0 Å².